The van der Waals surface area contributed by atoms with Gasteiger partial charge in [0.25, 0.3) is 0 Å². The van der Waals surface area contributed by atoms with E-state index in [2.05, 4.69) is 6.92 Å². The Balaban J connectivity index is 0. The van der Waals surface area contributed by atoms with Crippen molar-refractivity contribution in [3.05, 3.63) is 0 Å². The van der Waals surface area contributed by atoms with Gasteiger partial charge in [-0.15, -0.1) is 0 Å². The van der Waals surface area contributed by atoms with Gasteiger partial charge in [-0.2, -0.15) is 0 Å². The topological polar surface area (TPSA) is 77.4 Å². The van der Waals surface area contributed by atoms with E-state index in [1.54, 1.807) is 0 Å². The van der Waals surface area contributed by atoms with Gasteiger partial charge in [-0.25, -0.2) is 8.42 Å². The molecule has 0 fully saturated rings. The minimum Gasteiger partial charge on any atom is -0.748 e. The fourth-order valence-electron chi connectivity index (χ4n) is 3.84. The third kappa shape index (κ3) is 23.4. The van der Waals surface area contributed by atoms with E-state index in [9.17, 15) is 13.0 Å². The summed E-state index contributed by atoms with van der Waals surface area (Å²) in [5, 5.41) is 8.03. The van der Waals surface area contributed by atoms with Gasteiger partial charge in [-0.05, 0) is 19.3 Å². The molecular formula is C23H47NaO4S. The monoisotopic (exact) mass is 442 g/mol. The minimum atomic E-state index is -4.18. The van der Waals surface area contributed by atoms with Crippen molar-refractivity contribution >= 4 is 10.1 Å². The van der Waals surface area contributed by atoms with Gasteiger partial charge in [0, 0.05) is 11.9 Å². The predicted octanol–water partition coefficient (Wildman–Crippen LogP) is 3.72. The second kappa shape index (κ2) is 23.5. The summed E-state index contributed by atoms with van der Waals surface area (Å²) in [6.07, 6.45) is 22.4. The van der Waals surface area contributed by atoms with Crippen molar-refractivity contribution in [1.82, 2.24) is 0 Å². The summed E-state index contributed by atoms with van der Waals surface area (Å²) >= 11 is 0. The first-order valence-corrected chi connectivity index (χ1v) is 13.5. The Bertz CT molecular complexity index is 415. The van der Waals surface area contributed by atoms with Crippen LogP contribution in [0, 0.1) is 0 Å². The van der Waals surface area contributed by atoms with E-state index >= 15 is 0 Å². The Morgan fingerprint density at radius 2 is 0.931 bits per heavy atom. The van der Waals surface area contributed by atoms with E-state index in [0.29, 0.717) is 25.7 Å². The van der Waals surface area contributed by atoms with Crippen LogP contribution >= 0.6 is 0 Å². The van der Waals surface area contributed by atoms with Gasteiger partial charge in [0.05, 0.1) is 10.1 Å². The predicted molar refractivity (Wildman–Crippen MR) is 119 cm³/mol. The van der Waals surface area contributed by atoms with Crippen LogP contribution in [0.5, 0.6) is 0 Å². The molecule has 0 bridgehead atoms. The van der Waals surface area contributed by atoms with Crippen LogP contribution in [0.3, 0.4) is 0 Å². The number of unbranched alkanes of at least 4 members (excludes halogenated alkanes) is 16. The summed E-state index contributed by atoms with van der Waals surface area (Å²) in [4.78, 5) is 0. The zero-order valence-electron chi connectivity index (χ0n) is 19.5. The molecule has 0 aromatic carbocycles. The maximum Gasteiger partial charge on any atom is 1.00 e. The van der Waals surface area contributed by atoms with Crippen molar-refractivity contribution < 1.29 is 47.6 Å². The zero-order chi connectivity index (χ0) is 20.9. The number of rotatable bonds is 22. The molecule has 1 atom stereocenters. The van der Waals surface area contributed by atoms with E-state index in [4.69, 9.17) is 5.11 Å². The molecule has 0 aromatic rings. The Morgan fingerprint density at radius 3 is 1.24 bits per heavy atom. The van der Waals surface area contributed by atoms with Crippen LogP contribution in [0.2, 0.25) is 0 Å². The van der Waals surface area contributed by atoms with Crippen molar-refractivity contribution in [2.75, 3.05) is 6.61 Å². The number of aliphatic hydroxyl groups is 1. The molecule has 170 valence electrons. The van der Waals surface area contributed by atoms with Gasteiger partial charge in [0.1, 0.15) is 0 Å². The first-order valence-electron chi connectivity index (χ1n) is 12.1. The molecule has 0 spiro atoms. The first-order chi connectivity index (χ1) is 13.5. The number of aliphatic hydroxyl groups excluding tert-OH is 1. The number of hydrogen-bond donors (Lipinski definition) is 1. The molecular weight excluding hydrogens is 395 g/mol. The van der Waals surface area contributed by atoms with Crippen LogP contribution in [0.15, 0.2) is 0 Å². The molecule has 6 heteroatoms. The third-order valence-electron chi connectivity index (χ3n) is 5.72. The Labute approximate surface area is 204 Å². The Morgan fingerprint density at radius 1 is 0.621 bits per heavy atom. The molecule has 0 aromatic heterocycles. The van der Waals surface area contributed by atoms with E-state index in [1.165, 1.54) is 77.0 Å². The van der Waals surface area contributed by atoms with Crippen LogP contribution in [-0.2, 0) is 10.1 Å². The molecule has 0 aliphatic rings. The fourth-order valence-corrected chi connectivity index (χ4v) is 4.75. The van der Waals surface area contributed by atoms with Crippen molar-refractivity contribution in [2.45, 2.75) is 141 Å². The SMILES string of the molecule is CCCCCCCCCCCCCCCCCC(CCCCCO)S(=O)(=O)[O-].[Na+]. The summed E-state index contributed by atoms with van der Waals surface area (Å²) in [6.45, 7) is 2.39. The summed E-state index contributed by atoms with van der Waals surface area (Å²) in [6, 6.07) is 0. The molecule has 1 unspecified atom stereocenters. The van der Waals surface area contributed by atoms with Crippen LogP contribution in [0.25, 0.3) is 0 Å². The van der Waals surface area contributed by atoms with Crippen molar-refractivity contribution in [1.29, 1.82) is 0 Å². The molecule has 0 aliphatic heterocycles. The minimum absolute atomic E-state index is 0. The van der Waals surface area contributed by atoms with Gasteiger partial charge < -0.3 is 9.66 Å². The smallest absolute Gasteiger partial charge is 0.748 e. The molecule has 0 aliphatic carbocycles. The largest absolute Gasteiger partial charge is 1.00 e. The van der Waals surface area contributed by atoms with Crippen LogP contribution in [0.1, 0.15) is 135 Å². The van der Waals surface area contributed by atoms with Gasteiger partial charge in [-0.1, -0.05) is 116 Å². The third-order valence-corrected chi connectivity index (χ3v) is 7.01. The summed E-state index contributed by atoms with van der Waals surface area (Å²) in [5.74, 6) is 0. The summed E-state index contributed by atoms with van der Waals surface area (Å²) in [5.41, 5.74) is 0. The van der Waals surface area contributed by atoms with Crippen molar-refractivity contribution in [2.24, 2.45) is 0 Å². The zero-order valence-corrected chi connectivity index (χ0v) is 22.3. The second-order valence-corrected chi connectivity index (χ2v) is 10.1. The average Bonchev–Trinajstić information content (AvgIpc) is 2.65. The molecule has 0 rings (SSSR count). The van der Waals surface area contributed by atoms with Crippen LogP contribution in [0.4, 0.5) is 0 Å². The molecule has 0 radical (unpaired) electrons. The average molecular weight is 443 g/mol. The quantitative estimate of drug-likeness (QED) is 0.157. The van der Waals surface area contributed by atoms with Crippen LogP contribution < -0.4 is 29.6 Å². The molecule has 1 N–H and O–H groups in total. The van der Waals surface area contributed by atoms with Crippen molar-refractivity contribution in [3.8, 4) is 0 Å². The van der Waals surface area contributed by atoms with E-state index in [1.807, 2.05) is 0 Å². The van der Waals surface area contributed by atoms with Crippen LogP contribution in [-0.4, -0.2) is 29.9 Å². The molecule has 4 nitrogen and oxygen atoms in total. The van der Waals surface area contributed by atoms with Gasteiger partial charge >= 0.3 is 29.6 Å². The summed E-state index contributed by atoms with van der Waals surface area (Å²) in [7, 11) is -4.18. The summed E-state index contributed by atoms with van der Waals surface area (Å²) < 4.78 is 34.1. The molecule has 0 saturated carbocycles. The first kappa shape index (κ1) is 32.1. The molecule has 0 saturated heterocycles. The maximum atomic E-state index is 11.4. The van der Waals surface area contributed by atoms with Crippen molar-refractivity contribution in [3.63, 3.8) is 0 Å². The second-order valence-electron chi connectivity index (χ2n) is 8.43. The Hall–Kier alpha value is 0.870. The molecule has 0 heterocycles. The van der Waals surface area contributed by atoms with Gasteiger partial charge in [0.15, 0.2) is 0 Å². The van der Waals surface area contributed by atoms with E-state index in [0.717, 1.165) is 25.7 Å². The Kier molecular flexibility index (Phi) is 26.0. The molecule has 0 amide bonds. The normalized spacial score (nSPS) is 12.7. The van der Waals surface area contributed by atoms with E-state index < -0.39 is 15.4 Å². The van der Waals surface area contributed by atoms with Gasteiger partial charge in [-0.3, -0.25) is 0 Å². The molecule has 29 heavy (non-hydrogen) atoms. The fraction of sp³-hybridized carbons (Fsp3) is 1.00. The standard InChI is InChI=1S/C23H48O4S.Na/c1-2-3-4-5-6-7-8-9-10-11-12-13-14-15-17-20-23(28(25,26)27)21-18-16-19-22-24;/h23-24H,2-22H2,1H3,(H,25,26,27);/q;+1/p-1. The maximum absolute atomic E-state index is 11.4. The van der Waals surface area contributed by atoms with Gasteiger partial charge in [0.2, 0.25) is 0 Å². The van der Waals surface area contributed by atoms with E-state index in [-0.39, 0.29) is 36.2 Å². The number of hydrogen-bond acceptors (Lipinski definition) is 4.